The maximum atomic E-state index is 13.5. The van der Waals surface area contributed by atoms with Crippen LogP contribution in [0.4, 0.5) is 8.78 Å². The van der Waals surface area contributed by atoms with Crippen LogP contribution >= 0.6 is 0 Å². The Morgan fingerprint density at radius 2 is 1.07 bits per heavy atom. The normalized spacial score (nSPS) is 9.93. The van der Waals surface area contributed by atoms with Crippen LogP contribution in [-0.4, -0.2) is 160 Å². The van der Waals surface area contributed by atoms with E-state index in [4.69, 9.17) is 0 Å². The van der Waals surface area contributed by atoms with Crippen molar-refractivity contribution in [1.82, 2.24) is 20.6 Å². The molecule has 2 amide bonds. The van der Waals surface area contributed by atoms with Crippen molar-refractivity contribution in [3.05, 3.63) is 96.1 Å². The number of carboxylic acids is 1. The van der Waals surface area contributed by atoms with Gasteiger partial charge in [0.15, 0.2) is 11.4 Å². The van der Waals surface area contributed by atoms with E-state index in [1.165, 1.54) is 48.8 Å². The number of carboxylic acid groups (broad SMARTS) is 1. The standard InChI is InChI=1S/C26H18F2N4O6.K.2Na.3H/c27-17-5-1-3-13(7-17)15-9-19(33)21(29-11-15)24(35)31-23(26(37)38)32-25(36)22-20(34)10-16(12-30-22)14-4-2-6-18(28)8-14;;;;;;/h1-12,23,33-34H,(H,31,35)(H,32,36)(H,37,38);;;;;;. The van der Waals surface area contributed by atoms with Gasteiger partial charge in [-0.05, 0) is 47.5 Å². The molecular weight excluding hydrogens is 587 g/mol. The number of nitrogens with one attached hydrogen (secondary N) is 2. The van der Waals surface area contributed by atoms with Crippen LogP contribution in [0.1, 0.15) is 21.0 Å². The molecule has 198 valence electrons. The summed E-state index contributed by atoms with van der Waals surface area (Å²) >= 11 is 0. The van der Waals surface area contributed by atoms with Crippen LogP contribution in [0.2, 0.25) is 0 Å². The number of aromatic nitrogens is 2. The van der Waals surface area contributed by atoms with Crippen LogP contribution in [0.15, 0.2) is 73.1 Å². The molecule has 0 bridgehead atoms. The van der Waals surface area contributed by atoms with E-state index in [1.54, 1.807) is 12.1 Å². The zero-order valence-electron chi connectivity index (χ0n) is 19.2. The molecule has 0 atom stereocenters. The van der Waals surface area contributed by atoms with Gasteiger partial charge in [-0.25, -0.2) is 23.5 Å². The molecule has 0 aliphatic heterocycles. The first-order valence-corrected chi connectivity index (χ1v) is 10.9. The number of hydrogen-bond acceptors (Lipinski definition) is 7. The molecule has 0 spiro atoms. The Labute approximate surface area is 319 Å². The Kier molecular flexibility index (Phi) is 15.2. The molecule has 0 saturated carbocycles. The third kappa shape index (κ3) is 9.63. The summed E-state index contributed by atoms with van der Waals surface area (Å²) in [5.41, 5.74) is 0.254. The second-order valence-electron chi connectivity index (χ2n) is 7.92. The van der Waals surface area contributed by atoms with Gasteiger partial charge in [0.25, 0.3) is 11.8 Å². The predicted octanol–water partition coefficient (Wildman–Crippen LogP) is 1.12. The van der Waals surface area contributed by atoms with Crippen LogP contribution in [0.3, 0.4) is 0 Å². The van der Waals surface area contributed by atoms with Crippen LogP contribution in [0.5, 0.6) is 11.5 Å². The summed E-state index contributed by atoms with van der Waals surface area (Å²) in [6.07, 6.45) is 0.364. The first-order chi connectivity index (χ1) is 18.1. The number of nitrogens with zero attached hydrogens (tertiary/aromatic N) is 2. The summed E-state index contributed by atoms with van der Waals surface area (Å²) in [6.45, 7) is 0. The summed E-state index contributed by atoms with van der Waals surface area (Å²) in [5.74, 6) is -6.22. The number of pyridine rings is 2. The molecular formula is C26H21F2KN4Na2O6. The van der Waals surface area contributed by atoms with Crippen LogP contribution < -0.4 is 10.6 Å². The number of rotatable bonds is 7. The molecule has 2 aromatic heterocycles. The second kappa shape index (κ2) is 16.8. The van der Waals surface area contributed by atoms with E-state index in [1.807, 2.05) is 10.6 Å². The van der Waals surface area contributed by atoms with E-state index in [0.29, 0.717) is 22.3 Å². The molecule has 0 unspecified atom stereocenters. The van der Waals surface area contributed by atoms with E-state index in [2.05, 4.69) is 9.97 Å². The number of benzene rings is 2. The molecule has 5 N–H and O–H groups in total. The first kappa shape index (κ1) is 37.3. The number of aliphatic carboxylic acids is 1. The second-order valence-corrected chi connectivity index (χ2v) is 7.92. The van der Waals surface area contributed by atoms with Crippen molar-refractivity contribution >= 4 is 128 Å². The number of aromatic hydroxyl groups is 2. The summed E-state index contributed by atoms with van der Waals surface area (Å²) in [7, 11) is 0. The molecule has 2 aromatic carbocycles. The van der Waals surface area contributed by atoms with Crippen molar-refractivity contribution in [2.75, 3.05) is 0 Å². The van der Waals surface area contributed by atoms with Crippen LogP contribution in [0, 0.1) is 11.6 Å². The molecule has 4 rings (SSSR count). The summed E-state index contributed by atoms with van der Waals surface area (Å²) in [5, 5.41) is 34.0. The monoisotopic (exact) mass is 608 g/mol. The average Bonchev–Trinajstić information content (AvgIpc) is 2.88. The minimum atomic E-state index is -2.00. The van der Waals surface area contributed by atoms with Gasteiger partial charge in [-0.2, -0.15) is 0 Å². The molecule has 41 heavy (non-hydrogen) atoms. The SMILES string of the molecule is O=C(NC(NC(=O)c1ncc(-c2cccc(F)c2)cc1O)C(=O)O)c1ncc(-c2cccc(F)c2)cc1O.[KH].[NaH].[NaH]. The van der Waals surface area contributed by atoms with Crippen molar-refractivity contribution < 1.29 is 38.5 Å². The van der Waals surface area contributed by atoms with Crippen molar-refractivity contribution in [2.45, 2.75) is 6.17 Å². The molecule has 0 saturated heterocycles. The van der Waals surface area contributed by atoms with Gasteiger partial charge in [0, 0.05) is 23.5 Å². The molecule has 0 fully saturated rings. The number of hydrogen-bond donors (Lipinski definition) is 5. The van der Waals surface area contributed by atoms with E-state index in [0.717, 1.165) is 12.1 Å². The van der Waals surface area contributed by atoms with Gasteiger partial charge in [0.2, 0.25) is 6.17 Å². The maximum absolute atomic E-state index is 13.5. The van der Waals surface area contributed by atoms with Gasteiger partial charge >= 0.3 is 116 Å². The van der Waals surface area contributed by atoms with Gasteiger partial charge in [0.1, 0.15) is 23.1 Å². The topological polar surface area (TPSA) is 162 Å². The van der Waals surface area contributed by atoms with Crippen LogP contribution in [-0.2, 0) is 4.79 Å². The molecule has 4 aromatic rings. The third-order valence-electron chi connectivity index (χ3n) is 5.28. The molecule has 2 heterocycles. The van der Waals surface area contributed by atoms with Crippen molar-refractivity contribution in [1.29, 1.82) is 0 Å². The Bertz CT molecular complexity index is 1470. The molecule has 0 aliphatic carbocycles. The van der Waals surface area contributed by atoms with E-state index in [-0.39, 0.29) is 110 Å². The van der Waals surface area contributed by atoms with Crippen LogP contribution in [0.25, 0.3) is 22.3 Å². The van der Waals surface area contributed by atoms with E-state index in [9.17, 15) is 38.5 Å². The molecule has 0 aliphatic rings. The number of halogens is 2. The number of carbonyl (C=O) groups is 3. The molecule has 15 heteroatoms. The van der Waals surface area contributed by atoms with Crippen molar-refractivity contribution in [3.8, 4) is 33.8 Å². The summed E-state index contributed by atoms with van der Waals surface area (Å²) in [4.78, 5) is 44.5. The summed E-state index contributed by atoms with van der Waals surface area (Å²) < 4.78 is 26.9. The Morgan fingerprint density at radius 1 is 0.683 bits per heavy atom. The predicted molar refractivity (Wildman–Crippen MR) is 150 cm³/mol. The molecule has 10 nitrogen and oxygen atoms in total. The zero-order chi connectivity index (χ0) is 27.4. The van der Waals surface area contributed by atoms with E-state index >= 15 is 0 Å². The Morgan fingerprint density at radius 3 is 1.39 bits per heavy atom. The number of amides is 2. The van der Waals surface area contributed by atoms with Gasteiger partial charge in [0.05, 0.1) is 0 Å². The van der Waals surface area contributed by atoms with Crippen molar-refractivity contribution in [2.24, 2.45) is 0 Å². The first-order valence-electron chi connectivity index (χ1n) is 10.9. The average molecular weight is 609 g/mol. The Balaban J connectivity index is 0.00000280. The quantitative estimate of drug-likeness (QED) is 0.154. The van der Waals surface area contributed by atoms with Gasteiger partial charge < -0.3 is 26.0 Å². The fourth-order valence-corrected chi connectivity index (χ4v) is 3.47. The fraction of sp³-hybridized carbons (Fsp3) is 0.0385. The van der Waals surface area contributed by atoms with Gasteiger partial charge in [-0.1, -0.05) is 24.3 Å². The minimum absolute atomic E-state index is 0. The third-order valence-corrected chi connectivity index (χ3v) is 5.28. The van der Waals surface area contributed by atoms with E-state index < -0.39 is 58.5 Å². The summed E-state index contributed by atoms with van der Waals surface area (Å²) in [6, 6.07) is 13.2. The van der Waals surface area contributed by atoms with Gasteiger partial charge in [-0.3, -0.25) is 9.59 Å². The Hall–Kier alpha value is -1.75. The fourth-order valence-electron chi connectivity index (χ4n) is 3.47. The van der Waals surface area contributed by atoms with Gasteiger partial charge in [-0.15, -0.1) is 0 Å². The number of carbonyl (C=O) groups excluding carboxylic acids is 2. The van der Waals surface area contributed by atoms with Crippen molar-refractivity contribution in [3.63, 3.8) is 0 Å². The zero-order valence-corrected chi connectivity index (χ0v) is 19.2. The molecule has 0 radical (unpaired) electrons.